The lowest BCUT2D eigenvalue weighted by atomic mass is 9.88. The number of rotatable bonds is 5. The minimum Gasteiger partial charge on any atom is -0.476 e. The van der Waals surface area contributed by atoms with Crippen LogP contribution >= 0.6 is 0 Å². The number of nitrogens with one attached hydrogen (secondary N) is 1. The van der Waals surface area contributed by atoms with Gasteiger partial charge in [0.2, 0.25) is 0 Å². The molecule has 1 amide bonds. The Morgan fingerprint density at radius 1 is 1.38 bits per heavy atom. The number of carbonyl (C=O) groups is 2. The number of halogens is 1. The number of carboxylic acids is 1. The topological polar surface area (TPSA) is 115 Å². The first-order valence-electron chi connectivity index (χ1n) is 10.3. The van der Waals surface area contributed by atoms with E-state index in [1.54, 1.807) is 34.0 Å². The van der Waals surface area contributed by atoms with E-state index in [-0.39, 0.29) is 29.6 Å². The zero-order valence-electron chi connectivity index (χ0n) is 17.7. The van der Waals surface area contributed by atoms with Gasteiger partial charge in [0.25, 0.3) is 5.91 Å². The second kappa shape index (κ2) is 8.30. The van der Waals surface area contributed by atoms with Gasteiger partial charge in [0.1, 0.15) is 17.6 Å². The molecule has 2 unspecified atom stereocenters. The van der Waals surface area contributed by atoms with Crippen LogP contribution in [0, 0.1) is 17.1 Å². The fourth-order valence-corrected chi connectivity index (χ4v) is 4.48. The van der Waals surface area contributed by atoms with E-state index in [2.05, 4.69) is 10.1 Å². The van der Waals surface area contributed by atoms with E-state index in [1.165, 1.54) is 12.1 Å². The van der Waals surface area contributed by atoms with Crippen LogP contribution < -0.4 is 0 Å². The second-order valence-electron chi connectivity index (χ2n) is 7.90. The SMILES string of the molecule is CCC1c2c(C(=O)O)nn(Cc3ccc(F)c(C#N)c3)c2C(C)CN1C(=O)c1ccc[nH]1. The van der Waals surface area contributed by atoms with Crippen molar-refractivity contribution in [1.82, 2.24) is 19.7 Å². The van der Waals surface area contributed by atoms with Gasteiger partial charge in [0.05, 0.1) is 18.2 Å². The third kappa shape index (κ3) is 3.54. The zero-order chi connectivity index (χ0) is 23.0. The Hall–Kier alpha value is -3.93. The quantitative estimate of drug-likeness (QED) is 0.634. The fraction of sp³-hybridized carbons (Fsp3) is 0.304. The highest BCUT2D eigenvalue weighted by Gasteiger charge is 2.40. The molecule has 3 aromatic rings. The maximum Gasteiger partial charge on any atom is 0.356 e. The normalized spacial score (nSPS) is 17.6. The van der Waals surface area contributed by atoms with E-state index in [1.807, 2.05) is 19.9 Å². The van der Waals surface area contributed by atoms with Gasteiger partial charge in [-0.2, -0.15) is 10.4 Å². The minimum atomic E-state index is -1.17. The van der Waals surface area contributed by atoms with Crippen molar-refractivity contribution in [2.24, 2.45) is 0 Å². The van der Waals surface area contributed by atoms with E-state index in [9.17, 15) is 19.1 Å². The average molecular weight is 435 g/mol. The Morgan fingerprint density at radius 3 is 2.78 bits per heavy atom. The van der Waals surface area contributed by atoms with Gasteiger partial charge in [-0.3, -0.25) is 9.48 Å². The first-order chi connectivity index (χ1) is 15.3. The van der Waals surface area contributed by atoms with Gasteiger partial charge >= 0.3 is 5.97 Å². The molecule has 0 fully saturated rings. The number of carbonyl (C=O) groups excluding carboxylic acids is 1. The molecule has 0 saturated carbocycles. The van der Waals surface area contributed by atoms with Crippen LogP contribution in [0.3, 0.4) is 0 Å². The number of amides is 1. The predicted octanol–water partition coefficient (Wildman–Crippen LogP) is 3.68. The van der Waals surface area contributed by atoms with Crippen molar-refractivity contribution in [2.75, 3.05) is 6.54 Å². The van der Waals surface area contributed by atoms with Crippen molar-refractivity contribution in [3.05, 3.63) is 76.1 Å². The summed E-state index contributed by atoms with van der Waals surface area (Å²) in [6.07, 6.45) is 2.19. The van der Waals surface area contributed by atoms with Crippen LogP contribution in [0.15, 0.2) is 36.5 Å². The molecule has 164 valence electrons. The Morgan fingerprint density at radius 2 is 2.16 bits per heavy atom. The van der Waals surface area contributed by atoms with Crippen LogP contribution in [-0.2, 0) is 6.54 Å². The molecule has 0 bridgehead atoms. The molecular formula is C23H22FN5O3. The fourth-order valence-electron chi connectivity index (χ4n) is 4.48. The van der Waals surface area contributed by atoms with Crippen LogP contribution in [0.4, 0.5) is 4.39 Å². The number of nitrogens with zero attached hydrogens (tertiary/aromatic N) is 4. The molecule has 2 N–H and O–H groups in total. The van der Waals surface area contributed by atoms with Gasteiger partial charge in [-0.25, -0.2) is 9.18 Å². The average Bonchev–Trinajstić information content (AvgIpc) is 3.43. The van der Waals surface area contributed by atoms with Crippen LogP contribution in [0.5, 0.6) is 0 Å². The third-order valence-corrected chi connectivity index (χ3v) is 5.84. The van der Waals surface area contributed by atoms with Crippen LogP contribution in [-0.4, -0.2) is 43.2 Å². The van der Waals surface area contributed by atoms with Crippen LogP contribution in [0.25, 0.3) is 0 Å². The number of aromatic carboxylic acids is 1. The maximum absolute atomic E-state index is 13.7. The molecule has 2 aromatic heterocycles. The Kier molecular flexibility index (Phi) is 5.53. The van der Waals surface area contributed by atoms with Crippen LogP contribution in [0.2, 0.25) is 0 Å². The Labute approximate surface area is 183 Å². The lowest BCUT2D eigenvalue weighted by molar-refractivity contribution is 0.0609. The summed E-state index contributed by atoms with van der Waals surface area (Å²) < 4.78 is 15.3. The molecule has 0 spiro atoms. The summed E-state index contributed by atoms with van der Waals surface area (Å²) >= 11 is 0. The largest absolute Gasteiger partial charge is 0.476 e. The first kappa shape index (κ1) is 21.3. The lowest BCUT2D eigenvalue weighted by Crippen LogP contribution is -2.42. The molecule has 1 aliphatic heterocycles. The number of H-pyrrole nitrogens is 1. The highest BCUT2D eigenvalue weighted by molar-refractivity contribution is 5.94. The number of nitriles is 1. The first-order valence-corrected chi connectivity index (χ1v) is 10.3. The van der Waals surface area contributed by atoms with E-state index in [0.717, 1.165) is 5.69 Å². The summed E-state index contributed by atoms with van der Waals surface area (Å²) in [5.74, 6) is -2.15. The van der Waals surface area contributed by atoms with Crippen LogP contribution in [0.1, 0.15) is 75.6 Å². The molecule has 1 aromatic carbocycles. The van der Waals surface area contributed by atoms with Gasteiger partial charge in [0, 0.05) is 29.9 Å². The summed E-state index contributed by atoms with van der Waals surface area (Å²) in [5, 5.41) is 23.3. The van der Waals surface area contributed by atoms with Crippen molar-refractivity contribution in [3.63, 3.8) is 0 Å². The van der Waals surface area contributed by atoms with Crippen molar-refractivity contribution < 1.29 is 19.1 Å². The highest BCUT2D eigenvalue weighted by atomic mass is 19.1. The summed E-state index contributed by atoms with van der Waals surface area (Å²) in [5.41, 5.74) is 2.18. The zero-order valence-corrected chi connectivity index (χ0v) is 17.7. The van der Waals surface area contributed by atoms with E-state index >= 15 is 0 Å². The number of fused-ring (bicyclic) bond motifs is 1. The summed E-state index contributed by atoms with van der Waals surface area (Å²) in [6.45, 7) is 4.42. The monoisotopic (exact) mass is 435 g/mol. The standard InChI is InChI=1S/C23H22FN5O3/c1-3-18-19-20(23(31)32)27-29(12-14-6-7-16(24)15(9-14)10-25)21(19)13(2)11-28(18)22(30)17-5-4-8-26-17/h4-9,13,18,26H,3,11-12H2,1-2H3,(H,31,32). The molecule has 1 aliphatic rings. The number of aromatic nitrogens is 3. The number of carboxylic acid groups (broad SMARTS) is 1. The Bertz CT molecular complexity index is 1230. The van der Waals surface area contributed by atoms with Gasteiger partial charge < -0.3 is 15.0 Å². The molecular weight excluding hydrogens is 413 g/mol. The van der Waals surface area contributed by atoms with Crippen molar-refractivity contribution in [2.45, 2.75) is 38.8 Å². The van der Waals surface area contributed by atoms with Gasteiger partial charge in [0.15, 0.2) is 5.69 Å². The van der Waals surface area contributed by atoms with E-state index in [4.69, 9.17) is 5.26 Å². The number of hydrogen-bond acceptors (Lipinski definition) is 4. The van der Waals surface area contributed by atoms with E-state index in [0.29, 0.717) is 29.8 Å². The second-order valence-corrected chi connectivity index (χ2v) is 7.90. The van der Waals surface area contributed by atoms with Gasteiger partial charge in [-0.1, -0.05) is 19.9 Å². The number of hydrogen-bond donors (Lipinski definition) is 2. The molecule has 0 aliphatic carbocycles. The van der Waals surface area contributed by atoms with Crippen molar-refractivity contribution >= 4 is 11.9 Å². The molecule has 8 nitrogen and oxygen atoms in total. The third-order valence-electron chi connectivity index (χ3n) is 5.84. The molecule has 32 heavy (non-hydrogen) atoms. The molecule has 4 rings (SSSR count). The maximum atomic E-state index is 13.7. The van der Waals surface area contributed by atoms with Gasteiger partial charge in [-0.05, 0) is 36.2 Å². The Balaban J connectivity index is 1.79. The summed E-state index contributed by atoms with van der Waals surface area (Å²) in [4.78, 5) is 29.8. The van der Waals surface area contributed by atoms with E-state index < -0.39 is 17.8 Å². The predicted molar refractivity (Wildman–Crippen MR) is 113 cm³/mol. The summed E-state index contributed by atoms with van der Waals surface area (Å²) in [7, 11) is 0. The number of benzene rings is 1. The summed E-state index contributed by atoms with van der Waals surface area (Å²) in [6, 6.07) is 9.02. The molecule has 0 saturated heterocycles. The minimum absolute atomic E-state index is 0.0795. The smallest absolute Gasteiger partial charge is 0.356 e. The molecule has 0 radical (unpaired) electrons. The molecule has 9 heteroatoms. The van der Waals surface area contributed by atoms with Crippen molar-refractivity contribution in [1.29, 1.82) is 5.26 Å². The van der Waals surface area contributed by atoms with Gasteiger partial charge in [-0.15, -0.1) is 0 Å². The molecule has 2 atom stereocenters. The number of aromatic amines is 1. The lowest BCUT2D eigenvalue weighted by Gasteiger charge is -2.38. The van der Waals surface area contributed by atoms with Crippen molar-refractivity contribution in [3.8, 4) is 6.07 Å². The highest BCUT2D eigenvalue weighted by Crippen LogP contribution is 2.40. The molecule has 3 heterocycles.